The van der Waals surface area contributed by atoms with E-state index >= 15 is 0 Å². The molecule has 2 unspecified atom stereocenters. The summed E-state index contributed by atoms with van der Waals surface area (Å²) in [5.74, 6) is 1.54. The van der Waals surface area contributed by atoms with Crippen molar-refractivity contribution in [3.05, 3.63) is 0 Å². The van der Waals surface area contributed by atoms with Crippen LogP contribution in [-0.2, 0) is 9.53 Å². The minimum atomic E-state index is 0.145. The minimum absolute atomic E-state index is 0.145. The fourth-order valence-electron chi connectivity index (χ4n) is 4.05. The Balaban J connectivity index is 1.92. The van der Waals surface area contributed by atoms with Crippen molar-refractivity contribution in [3.63, 3.8) is 0 Å². The van der Waals surface area contributed by atoms with Crippen LogP contribution in [-0.4, -0.2) is 61.7 Å². The highest BCUT2D eigenvalue weighted by Crippen LogP contribution is 2.34. The molecule has 26 heavy (non-hydrogen) atoms. The molecule has 6 heteroatoms. The van der Waals surface area contributed by atoms with Crippen LogP contribution < -0.4 is 10.6 Å². The summed E-state index contributed by atoms with van der Waals surface area (Å²) in [6, 6.07) is 0.379. The normalized spacial score (nSPS) is 25.9. The van der Waals surface area contributed by atoms with Gasteiger partial charge in [-0.15, -0.1) is 0 Å². The second kappa shape index (κ2) is 9.58. The standard InChI is InChI=1S/C20H38N4O2/c1-6-21-19(23-17-9-11-24(12-10-17)15(2)25)22-14-16-8-7-13-26-18(16)20(3,4)5/h16-18H,6-14H2,1-5H3,(H2,21,22,23). The van der Waals surface area contributed by atoms with Crippen LogP contribution in [0.4, 0.5) is 0 Å². The van der Waals surface area contributed by atoms with Crippen molar-refractivity contribution in [2.24, 2.45) is 16.3 Å². The van der Waals surface area contributed by atoms with Crippen molar-refractivity contribution in [1.82, 2.24) is 15.5 Å². The predicted molar refractivity (Wildman–Crippen MR) is 106 cm³/mol. The van der Waals surface area contributed by atoms with Crippen molar-refractivity contribution in [1.29, 1.82) is 0 Å². The molecule has 0 aromatic carbocycles. The lowest BCUT2D eigenvalue weighted by Crippen LogP contribution is -2.49. The third-order valence-electron chi connectivity index (χ3n) is 5.41. The van der Waals surface area contributed by atoms with E-state index in [-0.39, 0.29) is 17.4 Å². The lowest BCUT2D eigenvalue weighted by Gasteiger charge is -2.39. The number of nitrogens with zero attached hydrogens (tertiary/aromatic N) is 2. The van der Waals surface area contributed by atoms with Gasteiger partial charge in [0, 0.05) is 51.7 Å². The largest absolute Gasteiger partial charge is 0.377 e. The molecule has 2 aliphatic heterocycles. The van der Waals surface area contributed by atoms with Gasteiger partial charge in [-0.3, -0.25) is 9.79 Å². The van der Waals surface area contributed by atoms with Crippen molar-refractivity contribution >= 4 is 11.9 Å². The minimum Gasteiger partial charge on any atom is -0.377 e. The molecular formula is C20H38N4O2. The van der Waals surface area contributed by atoms with Gasteiger partial charge in [-0.25, -0.2) is 0 Å². The van der Waals surface area contributed by atoms with E-state index < -0.39 is 0 Å². The average molecular weight is 367 g/mol. The Morgan fingerprint density at radius 2 is 1.92 bits per heavy atom. The maximum absolute atomic E-state index is 11.5. The van der Waals surface area contributed by atoms with Gasteiger partial charge < -0.3 is 20.3 Å². The summed E-state index contributed by atoms with van der Waals surface area (Å²) in [7, 11) is 0. The fraction of sp³-hybridized carbons (Fsp3) is 0.900. The molecule has 2 saturated heterocycles. The monoisotopic (exact) mass is 366 g/mol. The molecule has 0 radical (unpaired) electrons. The fourth-order valence-corrected chi connectivity index (χ4v) is 4.05. The number of piperidine rings is 1. The molecule has 6 nitrogen and oxygen atoms in total. The number of likely N-dealkylation sites (tertiary alicyclic amines) is 1. The number of amides is 1. The lowest BCUT2D eigenvalue weighted by atomic mass is 9.78. The molecule has 2 atom stereocenters. The summed E-state index contributed by atoms with van der Waals surface area (Å²) in [6.07, 6.45) is 4.52. The zero-order chi connectivity index (χ0) is 19.2. The number of ether oxygens (including phenoxy) is 1. The Morgan fingerprint density at radius 3 is 2.50 bits per heavy atom. The molecule has 0 saturated carbocycles. The Kier molecular flexibility index (Phi) is 7.74. The lowest BCUT2D eigenvalue weighted by molar-refractivity contribution is -0.129. The third-order valence-corrected chi connectivity index (χ3v) is 5.41. The number of rotatable bonds is 4. The van der Waals surface area contributed by atoms with Gasteiger partial charge in [-0.1, -0.05) is 20.8 Å². The summed E-state index contributed by atoms with van der Waals surface area (Å²) in [6.45, 7) is 14.7. The highest BCUT2D eigenvalue weighted by molar-refractivity contribution is 5.80. The van der Waals surface area contributed by atoms with Crippen LogP contribution in [0.2, 0.25) is 0 Å². The van der Waals surface area contributed by atoms with Gasteiger partial charge in [0.05, 0.1) is 6.10 Å². The molecule has 0 spiro atoms. The van der Waals surface area contributed by atoms with Crippen molar-refractivity contribution in [2.75, 3.05) is 32.8 Å². The van der Waals surface area contributed by atoms with Gasteiger partial charge in [0.25, 0.3) is 0 Å². The molecule has 0 aromatic heterocycles. The first-order chi connectivity index (χ1) is 12.3. The van der Waals surface area contributed by atoms with E-state index in [1.807, 2.05) is 4.90 Å². The summed E-state index contributed by atoms with van der Waals surface area (Å²) in [4.78, 5) is 18.3. The molecule has 2 N–H and O–H groups in total. The predicted octanol–water partition coefficient (Wildman–Crippen LogP) is 2.39. The number of aliphatic imine (C=N–C) groups is 1. The second-order valence-electron chi connectivity index (χ2n) is 8.70. The van der Waals surface area contributed by atoms with Crippen molar-refractivity contribution in [2.45, 2.75) is 72.4 Å². The maximum Gasteiger partial charge on any atom is 0.219 e. The number of carbonyl (C=O) groups is 1. The van der Waals surface area contributed by atoms with E-state index in [0.29, 0.717) is 12.0 Å². The molecule has 1 amide bonds. The maximum atomic E-state index is 11.5. The van der Waals surface area contributed by atoms with Gasteiger partial charge in [0.1, 0.15) is 0 Å². The summed E-state index contributed by atoms with van der Waals surface area (Å²) in [5.41, 5.74) is 0.145. The molecule has 0 bridgehead atoms. The number of carbonyl (C=O) groups excluding carboxylic acids is 1. The van der Waals surface area contributed by atoms with Crippen molar-refractivity contribution < 1.29 is 9.53 Å². The Morgan fingerprint density at radius 1 is 1.23 bits per heavy atom. The topological polar surface area (TPSA) is 66.0 Å². The first kappa shape index (κ1) is 21.0. The number of nitrogens with one attached hydrogen (secondary N) is 2. The number of hydrogen-bond donors (Lipinski definition) is 2. The quantitative estimate of drug-likeness (QED) is 0.592. The SMILES string of the molecule is CCNC(=NCC1CCCOC1C(C)(C)C)NC1CCN(C(C)=O)CC1. The molecule has 2 aliphatic rings. The number of guanidine groups is 1. The van der Waals surface area contributed by atoms with Gasteiger partial charge in [0.2, 0.25) is 5.91 Å². The summed E-state index contributed by atoms with van der Waals surface area (Å²) in [5, 5.41) is 6.94. The molecule has 150 valence electrons. The van der Waals surface area contributed by atoms with Crippen LogP contribution in [0.5, 0.6) is 0 Å². The smallest absolute Gasteiger partial charge is 0.219 e. The zero-order valence-electron chi connectivity index (χ0n) is 17.3. The Bertz CT molecular complexity index is 479. The van der Waals surface area contributed by atoms with Crippen LogP contribution in [0.15, 0.2) is 4.99 Å². The van der Waals surface area contributed by atoms with E-state index in [1.165, 1.54) is 6.42 Å². The third kappa shape index (κ3) is 6.15. The summed E-state index contributed by atoms with van der Waals surface area (Å²) >= 11 is 0. The highest BCUT2D eigenvalue weighted by Gasteiger charge is 2.35. The van der Waals surface area contributed by atoms with Crippen LogP contribution in [0.3, 0.4) is 0 Å². The van der Waals surface area contributed by atoms with E-state index in [4.69, 9.17) is 9.73 Å². The van der Waals surface area contributed by atoms with Crippen LogP contribution >= 0.6 is 0 Å². The molecule has 2 heterocycles. The Labute approximate surface area is 159 Å². The molecule has 2 rings (SSSR count). The molecule has 2 fully saturated rings. The second-order valence-corrected chi connectivity index (χ2v) is 8.70. The first-order valence-corrected chi connectivity index (χ1v) is 10.2. The van der Waals surface area contributed by atoms with E-state index in [0.717, 1.165) is 58.0 Å². The van der Waals surface area contributed by atoms with Crippen LogP contribution in [0, 0.1) is 11.3 Å². The van der Waals surface area contributed by atoms with E-state index in [1.54, 1.807) is 6.92 Å². The van der Waals surface area contributed by atoms with E-state index in [9.17, 15) is 4.79 Å². The van der Waals surface area contributed by atoms with E-state index in [2.05, 4.69) is 38.3 Å². The van der Waals surface area contributed by atoms with Gasteiger partial charge in [-0.05, 0) is 38.0 Å². The molecule has 0 aromatic rings. The van der Waals surface area contributed by atoms with Gasteiger partial charge >= 0.3 is 0 Å². The van der Waals surface area contributed by atoms with Crippen molar-refractivity contribution in [3.8, 4) is 0 Å². The van der Waals surface area contributed by atoms with Crippen LogP contribution in [0.25, 0.3) is 0 Å². The van der Waals surface area contributed by atoms with Gasteiger partial charge in [0.15, 0.2) is 5.96 Å². The van der Waals surface area contributed by atoms with Gasteiger partial charge in [-0.2, -0.15) is 0 Å². The molecule has 0 aliphatic carbocycles. The average Bonchev–Trinajstić information content (AvgIpc) is 2.60. The highest BCUT2D eigenvalue weighted by atomic mass is 16.5. The number of hydrogen-bond acceptors (Lipinski definition) is 3. The van der Waals surface area contributed by atoms with Crippen LogP contribution in [0.1, 0.15) is 60.3 Å². The molecular weight excluding hydrogens is 328 g/mol. The first-order valence-electron chi connectivity index (χ1n) is 10.2. The Hall–Kier alpha value is -1.30. The zero-order valence-corrected chi connectivity index (χ0v) is 17.3. The summed E-state index contributed by atoms with van der Waals surface area (Å²) < 4.78 is 6.08.